The average molecular weight is 208 g/mol. The zero-order chi connectivity index (χ0) is 10.3. The minimum atomic E-state index is 0.285. The zero-order valence-corrected chi connectivity index (χ0v) is 9.32. The Bertz CT molecular complexity index is 266. The van der Waals surface area contributed by atoms with Crippen molar-refractivity contribution >= 4 is 5.78 Å². The Morgan fingerprint density at radius 1 is 1.00 bits per heavy atom. The Morgan fingerprint density at radius 2 is 1.87 bits per heavy atom. The first-order valence-electron chi connectivity index (χ1n) is 6.35. The van der Waals surface area contributed by atoms with Gasteiger partial charge in [-0.15, -0.1) is 0 Å². The van der Waals surface area contributed by atoms with Gasteiger partial charge in [-0.05, 0) is 32.2 Å². The molecule has 3 aliphatic rings. The number of carbonyl (C=O) groups excluding carboxylic acids is 1. The van der Waals surface area contributed by atoms with Crippen molar-refractivity contribution in [2.45, 2.75) is 44.2 Å². The van der Waals surface area contributed by atoms with E-state index in [2.05, 4.69) is 9.80 Å². The minimum absolute atomic E-state index is 0.285. The summed E-state index contributed by atoms with van der Waals surface area (Å²) in [6.07, 6.45) is 5.77. The summed E-state index contributed by atoms with van der Waals surface area (Å²) in [5.74, 6) is 0.501. The van der Waals surface area contributed by atoms with Gasteiger partial charge in [0.15, 0.2) is 0 Å². The van der Waals surface area contributed by atoms with Crippen LogP contribution in [-0.2, 0) is 4.79 Å². The number of ketones is 1. The molecule has 3 rings (SSSR count). The van der Waals surface area contributed by atoms with E-state index in [-0.39, 0.29) is 6.04 Å². The minimum Gasteiger partial charge on any atom is -0.298 e. The second-order valence-corrected chi connectivity index (χ2v) is 5.20. The monoisotopic (exact) mass is 208 g/mol. The van der Waals surface area contributed by atoms with E-state index in [0.29, 0.717) is 5.78 Å². The van der Waals surface area contributed by atoms with E-state index < -0.39 is 0 Å². The fraction of sp³-hybridized carbons (Fsp3) is 0.917. The summed E-state index contributed by atoms with van der Waals surface area (Å²) >= 11 is 0. The predicted molar refractivity (Wildman–Crippen MR) is 58.8 cm³/mol. The zero-order valence-electron chi connectivity index (χ0n) is 9.32. The van der Waals surface area contributed by atoms with Crippen LogP contribution >= 0.6 is 0 Å². The number of hydrogen-bond donors (Lipinski definition) is 0. The molecule has 0 radical (unpaired) electrons. The van der Waals surface area contributed by atoms with E-state index >= 15 is 0 Å². The molecule has 2 saturated heterocycles. The predicted octanol–water partition coefficient (Wildman–Crippen LogP) is 0.888. The molecule has 0 aromatic heterocycles. The Kier molecular flexibility index (Phi) is 2.53. The Labute approximate surface area is 91.4 Å². The highest BCUT2D eigenvalue weighted by Gasteiger charge is 2.37. The van der Waals surface area contributed by atoms with Crippen molar-refractivity contribution < 1.29 is 4.79 Å². The molecular formula is C12H20N2O. The molecule has 2 aliphatic heterocycles. The highest BCUT2D eigenvalue weighted by atomic mass is 16.1. The molecule has 0 spiro atoms. The fourth-order valence-electron chi connectivity index (χ4n) is 3.48. The van der Waals surface area contributed by atoms with Gasteiger partial charge in [0.25, 0.3) is 0 Å². The number of hydrogen-bond acceptors (Lipinski definition) is 3. The molecule has 1 aliphatic carbocycles. The van der Waals surface area contributed by atoms with Gasteiger partial charge < -0.3 is 0 Å². The first kappa shape index (κ1) is 9.79. The van der Waals surface area contributed by atoms with Crippen molar-refractivity contribution in [2.75, 3.05) is 26.2 Å². The number of rotatable bonds is 1. The van der Waals surface area contributed by atoms with Crippen LogP contribution in [0.25, 0.3) is 0 Å². The van der Waals surface area contributed by atoms with Crippen molar-refractivity contribution in [2.24, 2.45) is 0 Å². The third kappa shape index (κ3) is 1.72. The summed E-state index contributed by atoms with van der Waals surface area (Å²) in [4.78, 5) is 16.8. The topological polar surface area (TPSA) is 23.6 Å². The molecule has 2 unspecified atom stereocenters. The maximum absolute atomic E-state index is 11.7. The molecule has 15 heavy (non-hydrogen) atoms. The van der Waals surface area contributed by atoms with Crippen molar-refractivity contribution in [3.05, 3.63) is 0 Å². The molecule has 84 valence electrons. The van der Waals surface area contributed by atoms with Crippen LogP contribution in [0.4, 0.5) is 0 Å². The first-order chi connectivity index (χ1) is 7.34. The summed E-state index contributed by atoms with van der Waals surface area (Å²) in [7, 11) is 0. The van der Waals surface area contributed by atoms with Crippen molar-refractivity contribution in [3.63, 3.8) is 0 Å². The lowest BCUT2D eigenvalue weighted by atomic mass is 10.1. The van der Waals surface area contributed by atoms with Crippen LogP contribution in [0.5, 0.6) is 0 Å². The molecule has 0 N–H and O–H groups in total. The molecule has 1 saturated carbocycles. The van der Waals surface area contributed by atoms with Gasteiger partial charge in [0.05, 0.1) is 6.04 Å². The second-order valence-electron chi connectivity index (χ2n) is 5.20. The van der Waals surface area contributed by atoms with Gasteiger partial charge in [0.2, 0.25) is 0 Å². The number of nitrogens with zero attached hydrogens (tertiary/aromatic N) is 2. The van der Waals surface area contributed by atoms with Crippen molar-refractivity contribution in [1.29, 1.82) is 0 Å². The molecule has 0 bridgehead atoms. The summed E-state index contributed by atoms with van der Waals surface area (Å²) in [6, 6.07) is 1.04. The lowest BCUT2D eigenvalue weighted by Crippen LogP contribution is -2.54. The van der Waals surface area contributed by atoms with E-state index in [1.807, 2.05) is 0 Å². The standard InChI is InChI=1S/C12H20N2O/c15-12-5-1-4-11(12)14-8-7-13-6-2-3-10(13)9-14/h10-11H,1-9H2. The van der Waals surface area contributed by atoms with E-state index in [1.165, 1.54) is 25.9 Å². The van der Waals surface area contributed by atoms with E-state index in [4.69, 9.17) is 0 Å². The third-order valence-electron chi connectivity index (χ3n) is 4.33. The molecule has 2 heterocycles. The average Bonchev–Trinajstić information content (AvgIpc) is 2.84. The van der Waals surface area contributed by atoms with Gasteiger partial charge in [0.1, 0.15) is 5.78 Å². The number of Topliss-reactive ketones (excluding diaryl/α,β-unsaturated/α-hetero) is 1. The second kappa shape index (κ2) is 3.87. The van der Waals surface area contributed by atoms with Crippen LogP contribution in [0.3, 0.4) is 0 Å². The number of fused-ring (bicyclic) bond motifs is 1. The largest absolute Gasteiger partial charge is 0.298 e. The SMILES string of the molecule is O=C1CCCC1N1CCN2CCCC2C1. The lowest BCUT2D eigenvalue weighted by molar-refractivity contribution is -0.122. The molecule has 0 aromatic carbocycles. The van der Waals surface area contributed by atoms with E-state index in [0.717, 1.165) is 38.4 Å². The van der Waals surface area contributed by atoms with Crippen molar-refractivity contribution in [1.82, 2.24) is 9.80 Å². The Balaban J connectivity index is 1.65. The van der Waals surface area contributed by atoms with Gasteiger partial charge in [0, 0.05) is 32.1 Å². The number of piperazine rings is 1. The fourth-order valence-corrected chi connectivity index (χ4v) is 3.48. The summed E-state index contributed by atoms with van der Waals surface area (Å²) in [6.45, 7) is 4.74. The van der Waals surface area contributed by atoms with Crippen LogP contribution < -0.4 is 0 Å². The highest BCUT2D eigenvalue weighted by molar-refractivity contribution is 5.85. The summed E-state index contributed by atoms with van der Waals surface area (Å²) < 4.78 is 0. The summed E-state index contributed by atoms with van der Waals surface area (Å²) in [5.41, 5.74) is 0. The van der Waals surface area contributed by atoms with Gasteiger partial charge in [-0.3, -0.25) is 14.6 Å². The Morgan fingerprint density at radius 3 is 2.67 bits per heavy atom. The van der Waals surface area contributed by atoms with E-state index in [1.54, 1.807) is 0 Å². The van der Waals surface area contributed by atoms with Gasteiger partial charge in [-0.25, -0.2) is 0 Å². The van der Waals surface area contributed by atoms with Crippen molar-refractivity contribution in [3.8, 4) is 0 Å². The maximum Gasteiger partial charge on any atom is 0.149 e. The van der Waals surface area contributed by atoms with Gasteiger partial charge in [-0.2, -0.15) is 0 Å². The molecule has 0 amide bonds. The van der Waals surface area contributed by atoms with Crippen LogP contribution in [0, 0.1) is 0 Å². The smallest absolute Gasteiger partial charge is 0.149 e. The molecule has 3 fully saturated rings. The lowest BCUT2D eigenvalue weighted by Gasteiger charge is -2.39. The van der Waals surface area contributed by atoms with Crippen LogP contribution in [-0.4, -0.2) is 53.8 Å². The van der Waals surface area contributed by atoms with Crippen LogP contribution in [0.2, 0.25) is 0 Å². The quantitative estimate of drug-likeness (QED) is 0.639. The molecule has 3 heteroatoms. The Hall–Kier alpha value is -0.410. The third-order valence-corrected chi connectivity index (χ3v) is 4.33. The van der Waals surface area contributed by atoms with Gasteiger partial charge >= 0.3 is 0 Å². The maximum atomic E-state index is 11.7. The van der Waals surface area contributed by atoms with Crippen LogP contribution in [0.1, 0.15) is 32.1 Å². The van der Waals surface area contributed by atoms with Crippen LogP contribution in [0.15, 0.2) is 0 Å². The summed E-state index contributed by atoms with van der Waals surface area (Å²) in [5, 5.41) is 0. The number of carbonyl (C=O) groups is 1. The highest BCUT2D eigenvalue weighted by Crippen LogP contribution is 2.27. The molecule has 2 atom stereocenters. The van der Waals surface area contributed by atoms with E-state index in [9.17, 15) is 4.79 Å². The van der Waals surface area contributed by atoms with Gasteiger partial charge in [-0.1, -0.05) is 0 Å². The first-order valence-corrected chi connectivity index (χ1v) is 6.35. The molecule has 3 nitrogen and oxygen atoms in total. The normalized spacial score (nSPS) is 38.5. The molecule has 0 aromatic rings. The molecular weight excluding hydrogens is 188 g/mol.